The summed E-state index contributed by atoms with van der Waals surface area (Å²) >= 11 is 0. The SMILES string of the molecule is CC(C)C(NC1C2CCC1Cc1ccccc1C2)C(=O)O. The minimum absolute atomic E-state index is 0.118. The fourth-order valence-electron chi connectivity index (χ4n) is 4.18. The van der Waals surface area contributed by atoms with Gasteiger partial charge in [-0.25, -0.2) is 0 Å². The minimum Gasteiger partial charge on any atom is -0.480 e. The van der Waals surface area contributed by atoms with Crippen LogP contribution in [0.15, 0.2) is 24.3 Å². The maximum absolute atomic E-state index is 11.5. The summed E-state index contributed by atoms with van der Waals surface area (Å²) in [5, 5.41) is 12.9. The van der Waals surface area contributed by atoms with Crippen LogP contribution in [0.25, 0.3) is 0 Å². The summed E-state index contributed by atoms with van der Waals surface area (Å²) < 4.78 is 0. The Morgan fingerprint density at radius 2 is 1.67 bits per heavy atom. The van der Waals surface area contributed by atoms with Crippen molar-refractivity contribution in [3.8, 4) is 0 Å². The lowest BCUT2D eigenvalue weighted by Crippen LogP contribution is -2.50. The van der Waals surface area contributed by atoms with Crippen molar-refractivity contribution in [3.63, 3.8) is 0 Å². The topological polar surface area (TPSA) is 49.3 Å². The standard InChI is InChI=1S/C18H25NO2/c1-11(2)16(18(20)21)19-17-14-7-8-15(17)10-13-6-4-3-5-12(13)9-14/h3-6,11,14-17,19H,7-10H2,1-2H3,(H,20,21). The number of hydrogen-bond donors (Lipinski definition) is 2. The quantitative estimate of drug-likeness (QED) is 0.895. The van der Waals surface area contributed by atoms with Gasteiger partial charge >= 0.3 is 5.97 Å². The zero-order valence-corrected chi connectivity index (χ0v) is 12.9. The maximum Gasteiger partial charge on any atom is 0.320 e. The van der Waals surface area contributed by atoms with Crippen LogP contribution in [0.5, 0.6) is 0 Å². The van der Waals surface area contributed by atoms with Gasteiger partial charge in [-0.3, -0.25) is 4.79 Å². The molecule has 3 heteroatoms. The van der Waals surface area contributed by atoms with E-state index in [1.165, 1.54) is 24.0 Å². The number of carbonyl (C=O) groups is 1. The van der Waals surface area contributed by atoms with Gasteiger partial charge in [0, 0.05) is 6.04 Å². The summed E-state index contributed by atoms with van der Waals surface area (Å²) in [6.07, 6.45) is 4.63. The molecule has 0 aliphatic heterocycles. The predicted octanol–water partition coefficient (Wildman–Crippen LogP) is 2.88. The van der Waals surface area contributed by atoms with Crippen LogP contribution < -0.4 is 5.32 Å². The van der Waals surface area contributed by atoms with E-state index in [4.69, 9.17) is 0 Å². The molecule has 0 radical (unpaired) electrons. The molecule has 1 aromatic rings. The lowest BCUT2D eigenvalue weighted by molar-refractivity contribution is -0.141. The van der Waals surface area contributed by atoms with Crippen molar-refractivity contribution in [2.24, 2.45) is 17.8 Å². The third-order valence-electron chi connectivity index (χ3n) is 5.31. The van der Waals surface area contributed by atoms with E-state index in [-0.39, 0.29) is 5.92 Å². The number of rotatable bonds is 4. The molecule has 0 aromatic heterocycles. The van der Waals surface area contributed by atoms with Crippen molar-refractivity contribution in [1.82, 2.24) is 5.32 Å². The summed E-state index contributed by atoms with van der Waals surface area (Å²) in [5.74, 6) is 0.567. The van der Waals surface area contributed by atoms with E-state index in [1.807, 2.05) is 13.8 Å². The molecule has 2 bridgehead atoms. The summed E-state index contributed by atoms with van der Waals surface area (Å²) in [4.78, 5) is 11.5. The van der Waals surface area contributed by atoms with Gasteiger partial charge in [-0.2, -0.15) is 0 Å². The van der Waals surface area contributed by atoms with Crippen LogP contribution in [-0.2, 0) is 17.6 Å². The average molecular weight is 287 g/mol. The molecular weight excluding hydrogens is 262 g/mol. The highest BCUT2D eigenvalue weighted by molar-refractivity contribution is 5.73. The van der Waals surface area contributed by atoms with Crippen LogP contribution in [-0.4, -0.2) is 23.2 Å². The summed E-state index contributed by atoms with van der Waals surface area (Å²) in [6.45, 7) is 3.97. The van der Waals surface area contributed by atoms with Gasteiger partial charge in [0.15, 0.2) is 0 Å². The first-order chi connectivity index (χ1) is 10.1. The van der Waals surface area contributed by atoms with E-state index in [9.17, 15) is 9.90 Å². The zero-order valence-electron chi connectivity index (χ0n) is 12.9. The monoisotopic (exact) mass is 287 g/mol. The van der Waals surface area contributed by atoms with Crippen LogP contribution in [0.4, 0.5) is 0 Å². The third kappa shape index (κ3) is 2.84. The third-order valence-corrected chi connectivity index (χ3v) is 5.31. The fourth-order valence-corrected chi connectivity index (χ4v) is 4.18. The normalized spacial score (nSPS) is 29.0. The van der Waals surface area contributed by atoms with Gasteiger partial charge in [0.25, 0.3) is 0 Å². The molecule has 1 fully saturated rings. The Morgan fingerprint density at radius 1 is 1.14 bits per heavy atom. The highest BCUT2D eigenvalue weighted by atomic mass is 16.4. The maximum atomic E-state index is 11.5. The van der Waals surface area contributed by atoms with Gasteiger partial charge in [0.2, 0.25) is 0 Å². The van der Waals surface area contributed by atoms with Crippen LogP contribution >= 0.6 is 0 Å². The minimum atomic E-state index is -0.717. The van der Waals surface area contributed by atoms with Crippen LogP contribution in [0, 0.1) is 17.8 Å². The second kappa shape index (κ2) is 5.80. The van der Waals surface area contributed by atoms with Crippen molar-refractivity contribution in [2.75, 3.05) is 0 Å². The zero-order chi connectivity index (χ0) is 15.0. The van der Waals surface area contributed by atoms with Crippen molar-refractivity contribution >= 4 is 5.97 Å². The first-order valence-corrected chi connectivity index (χ1v) is 8.12. The van der Waals surface area contributed by atoms with Gasteiger partial charge in [-0.1, -0.05) is 38.1 Å². The highest BCUT2D eigenvalue weighted by Crippen LogP contribution is 2.40. The Labute approximate surface area is 126 Å². The molecule has 2 N–H and O–H groups in total. The van der Waals surface area contributed by atoms with Crippen LogP contribution in [0.3, 0.4) is 0 Å². The highest BCUT2D eigenvalue weighted by Gasteiger charge is 2.41. The van der Waals surface area contributed by atoms with Crippen molar-refractivity contribution in [3.05, 3.63) is 35.4 Å². The molecule has 2 aliphatic carbocycles. The molecule has 2 aliphatic rings. The number of carboxylic acids is 1. The molecule has 21 heavy (non-hydrogen) atoms. The molecule has 0 saturated heterocycles. The van der Waals surface area contributed by atoms with Gasteiger partial charge < -0.3 is 10.4 Å². The average Bonchev–Trinajstić information content (AvgIpc) is 2.70. The summed E-state index contributed by atoms with van der Waals surface area (Å²) in [5.41, 5.74) is 2.93. The van der Waals surface area contributed by atoms with E-state index in [1.54, 1.807) is 0 Å². The van der Waals surface area contributed by atoms with E-state index < -0.39 is 12.0 Å². The van der Waals surface area contributed by atoms with Gasteiger partial charge in [-0.05, 0) is 54.6 Å². The smallest absolute Gasteiger partial charge is 0.320 e. The second-order valence-electron chi connectivity index (χ2n) is 7.03. The molecule has 3 atom stereocenters. The molecule has 0 spiro atoms. The molecule has 3 unspecified atom stereocenters. The number of fused-ring (bicyclic) bond motifs is 3. The molecule has 1 saturated carbocycles. The lowest BCUT2D eigenvalue weighted by atomic mass is 9.92. The number of nitrogens with one attached hydrogen (secondary N) is 1. The van der Waals surface area contributed by atoms with Gasteiger partial charge in [-0.15, -0.1) is 0 Å². The first kappa shape index (κ1) is 14.6. The van der Waals surface area contributed by atoms with Gasteiger partial charge in [0.1, 0.15) is 6.04 Å². The fraction of sp³-hybridized carbons (Fsp3) is 0.611. The lowest BCUT2D eigenvalue weighted by Gasteiger charge is -2.29. The Hall–Kier alpha value is -1.35. The molecule has 3 rings (SSSR count). The first-order valence-electron chi connectivity index (χ1n) is 8.12. The van der Waals surface area contributed by atoms with E-state index in [0.29, 0.717) is 17.9 Å². The molecule has 0 heterocycles. The van der Waals surface area contributed by atoms with E-state index in [2.05, 4.69) is 29.6 Å². The summed E-state index contributed by atoms with van der Waals surface area (Å²) in [7, 11) is 0. The predicted molar refractivity (Wildman–Crippen MR) is 83.2 cm³/mol. The van der Waals surface area contributed by atoms with E-state index in [0.717, 1.165) is 12.8 Å². The van der Waals surface area contributed by atoms with Crippen LogP contribution in [0.2, 0.25) is 0 Å². The second-order valence-corrected chi connectivity index (χ2v) is 7.03. The number of carboxylic acid groups (broad SMARTS) is 1. The molecule has 114 valence electrons. The Bertz CT molecular complexity index is 493. The van der Waals surface area contributed by atoms with Crippen molar-refractivity contribution in [2.45, 2.75) is 51.6 Å². The Morgan fingerprint density at radius 3 is 2.10 bits per heavy atom. The number of hydrogen-bond acceptors (Lipinski definition) is 2. The molecule has 0 amide bonds. The van der Waals surface area contributed by atoms with Crippen molar-refractivity contribution < 1.29 is 9.90 Å². The summed E-state index contributed by atoms with van der Waals surface area (Å²) in [6, 6.07) is 8.64. The van der Waals surface area contributed by atoms with Crippen LogP contribution in [0.1, 0.15) is 37.8 Å². The van der Waals surface area contributed by atoms with Crippen molar-refractivity contribution in [1.29, 1.82) is 0 Å². The van der Waals surface area contributed by atoms with Gasteiger partial charge in [0.05, 0.1) is 0 Å². The molecule has 3 nitrogen and oxygen atoms in total. The molecular formula is C18H25NO2. The largest absolute Gasteiger partial charge is 0.480 e. The van der Waals surface area contributed by atoms with E-state index >= 15 is 0 Å². The number of benzene rings is 1. The number of aliphatic carboxylic acids is 1. The Balaban J connectivity index is 1.81. The Kier molecular flexibility index (Phi) is 4.03. The molecule has 1 aromatic carbocycles.